The third-order valence-electron chi connectivity index (χ3n) is 3.29. The van der Waals surface area contributed by atoms with Crippen LogP contribution < -0.4 is 0 Å². The molecule has 0 unspecified atom stereocenters. The number of carbonyl (C=O) groups excluding carboxylic acids is 1. The first-order chi connectivity index (χ1) is 8.15. The van der Waals surface area contributed by atoms with E-state index in [1.54, 1.807) is 4.90 Å². The lowest BCUT2D eigenvalue weighted by molar-refractivity contribution is -0.0365. The largest absolute Gasteiger partial charge is 0.445 e. The van der Waals surface area contributed by atoms with Crippen molar-refractivity contribution >= 4 is 6.09 Å². The molecular formula is C13H17NO3. The molecule has 2 rings (SSSR count). The molecule has 4 heteroatoms. The summed E-state index contributed by atoms with van der Waals surface area (Å²) in [6.45, 7) is 2.77. The van der Waals surface area contributed by atoms with Crippen molar-refractivity contribution in [1.29, 1.82) is 0 Å². The standard InChI is InChI=1S/C13H17NO3/c1-13(10-15)7-8-14(13)12(16)17-9-11-5-3-2-4-6-11/h2-6,15H,7-10H2,1H3/t13-/m1/s1. The van der Waals surface area contributed by atoms with Gasteiger partial charge in [-0.2, -0.15) is 0 Å². The third-order valence-corrected chi connectivity index (χ3v) is 3.29. The predicted octanol–water partition coefficient (Wildman–Crippen LogP) is 1.78. The van der Waals surface area contributed by atoms with Crippen molar-refractivity contribution in [3.05, 3.63) is 35.9 Å². The lowest BCUT2D eigenvalue weighted by atomic mass is 9.88. The molecule has 1 N–H and O–H groups in total. The molecule has 0 aliphatic carbocycles. The summed E-state index contributed by atoms with van der Waals surface area (Å²) in [5, 5.41) is 9.20. The minimum Gasteiger partial charge on any atom is -0.445 e. The van der Waals surface area contributed by atoms with E-state index in [1.165, 1.54) is 0 Å². The summed E-state index contributed by atoms with van der Waals surface area (Å²) in [5.74, 6) is 0. The second-order valence-corrected chi connectivity index (χ2v) is 4.60. The number of aliphatic hydroxyl groups excluding tert-OH is 1. The molecule has 4 nitrogen and oxygen atoms in total. The normalized spacial score (nSPS) is 23.1. The smallest absolute Gasteiger partial charge is 0.410 e. The fourth-order valence-electron chi connectivity index (χ4n) is 1.88. The van der Waals surface area contributed by atoms with Gasteiger partial charge in [-0.15, -0.1) is 0 Å². The van der Waals surface area contributed by atoms with Gasteiger partial charge in [0.05, 0.1) is 12.1 Å². The quantitative estimate of drug-likeness (QED) is 0.868. The van der Waals surface area contributed by atoms with Crippen LogP contribution >= 0.6 is 0 Å². The van der Waals surface area contributed by atoms with Crippen molar-refractivity contribution < 1.29 is 14.6 Å². The second kappa shape index (κ2) is 4.75. The van der Waals surface area contributed by atoms with Crippen LogP contribution in [0.1, 0.15) is 18.9 Å². The molecule has 1 aliphatic heterocycles. The van der Waals surface area contributed by atoms with Crippen LogP contribution in [-0.2, 0) is 11.3 Å². The predicted molar refractivity (Wildman–Crippen MR) is 63.4 cm³/mol. The monoisotopic (exact) mass is 235 g/mol. The maximum absolute atomic E-state index is 11.8. The zero-order valence-electron chi connectivity index (χ0n) is 9.93. The molecule has 17 heavy (non-hydrogen) atoms. The number of benzene rings is 1. The van der Waals surface area contributed by atoms with Gasteiger partial charge in [0.25, 0.3) is 0 Å². The van der Waals surface area contributed by atoms with E-state index in [2.05, 4.69) is 0 Å². The summed E-state index contributed by atoms with van der Waals surface area (Å²) in [4.78, 5) is 13.3. The van der Waals surface area contributed by atoms with Gasteiger partial charge in [0.1, 0.15) is 6.61 Å². The molecule has 1 fully saturated rings. The van der Waals surface area contributed by atoms with E-state index in [-0.39, 0.29) is 19.3 Å². The van der Waals surface area contributed by atoms with E-state index >= 15 is 0 Å². The van der Waals surface area contributed by atoms with Crippen LogP contribution in [0.2, 0.25) is 0 Å². The first-order valence-corrected chi connectivity index (χ1v) is 5.75. The maximum atomic E-state index is 11.8. The highest BCUT2D eigenvalue weighted by Crippen LogP contribution is 2.30. The minimum atomic E-state index is -0.437. The number of amides is 1. The highest BCUT2D eigenvalue weighted by Gasteiger charge is 2.43. The molecule has 1 saturated heterocycles. The van der Waals surface area contributed by atoms with Gasteiger partial charge in [-0.1, -0.05) is 30.3 Å². The van der Waals surface area contributed by atoms with E-state index in [4.69, 9.17) is 4.74 Å². The highest BCUT2D eigenvalue weighted by atomic mass is 16.6. The zero-order chi connectivity index (χ0) is 12.3. The second-order valence-electron chi connectivity index (χ2n) is 4.60. The Morgan fingerprint density at radius 3 is 2.71 bits per heavy atom. The van der Waals surface area contributed by atoms with Crippen molar-refractivity contribution in [2.45, 2.75) is 25.5 Å². The highest BCUT2D eigenvalue weighted by molar-refractivity contribution is 5.70. The Balaban J connectivity index is 1.86. The molecule has 1 heterocycles. The number of rotatable bonds is 3. The molecule has 0 saturated carbocycles. The van der Waals surface area contributed by atoms with E-state index in [0.29, 0.717) is 6.54 Å². The Hall–Kier alpha value is -1.55. The van der Waals surface area contributed by atoms with Gasteiger partial charge in [-0.05, 0) is 18.9 Å². The molecule has 1 aromatic carbocycles. The van der Waals surface area contributed by atoms with Crippen LogP contribution in [0.15, 0.2) is 30.3 Å². The average Bonchev–Trinajstić information content (AvgIpc) is 2.35. The first kappa shape index (κ1) is 11.9. The maximum Gasteiger partial charge on any atom is 0.410 e. The Morgan fingerprint density at radius 1 is 1.47 bits per heavy atom. The number of hydrogen-bond acceptors (Lipinski definition) is 3. The summed E-state index contributed by atoms with van der Waals surface area (Å²) >= 11 is 0. The van der Waals surface area contributed by atoms with Gasteiger partial charge >= 0.3 is 6.09 Å². The van der Waals surface area contributed by atoms with Crippen LogP contribution in [0, 0.1) is 0 Å². The summed E-state index contributed by atoms with van der Waals surface area (Å²) in [7, 11) is 0. The lowest BCUT2D eigenvalue weighted by Gasteiger charge is -2.48. The summed E-state index contributed by atoms with van der Waals surface area (Å²) in [5.41, 5.74) is 0.528. The molecule has 0 aromatic heterocycles. The number of ether oxygens (including phenoxy) is 1. The average molecular weight is 235 g/mol. The fraction of sp³-hybridized carbons (Fsp3) is 0.462. The zero-order valence-corrected chi connectivity index (χ0v) is 9.93. The topological polar surface area (TPSA) is 49.8 Å². The van der Waals surface area contributed by atoms with Gasteiger partial charge in [0.15, 0.2) is 0 Å². The van der Waals surface area contributed by atoms with E-state index < -0.39 is 5.54 Å². The third kappa shape index (κ3) is 2.42. The molecule has 0 bridgehead atoms. The Labute approximate surface area is 101 Å². The van der Waals surface area contributed by atoms with Crippen LogP contribution in [0.5, 0.6) is 0 Å². The SMILES string of the molecule is C[C@]1(CO)CCN1C(=O)OCc1ccccc1. The Bertz CT molecular complexity index is 389. The molecule has 0 radical (unpaired) electrons. The van der Waals surface area contributed by atoms with Crippen molar-refractivity contribution in [3.8, 4) is 0 Å². The Kier molecular flexibility index (Phi) is 3.33. The van der Waals surface area contributed by atoms with E-state index in [9.17, 15) is 9.90 Å². The molecule has 0 spiro atoms. The van der Waals surface area contributed by atoms with E-state index in [0.717, 1.165) is 12.0 Å². The number of likely N-dealkylation sites (tertiary alicyclic amines) is 1. The van der Waals surface area contributed by atoms with Gasteiger partial charge < -0.3 is 14.7 Å². The number of nitrogens with zero attached hydrogens (tertiary/aromatic N) is 1. The van der Waals surface area contributed by atoms with E-state index in [1.807, 2.05) is 37.3 Å². The Morgan fingerprint density at radius 2 is 2.18 bits per heavy atom. The van der Waals surface area contributed by atoms with Gasteiger partial charge in [0, 0.05) is 6.54 Å². The molecule has 1 atom stereocenters. The molecule has 1 aliphatic rings. The van der Waals surface area contributed by atoms with Crippen LogP contribution in [0.3, 0.4) is 0 Å². The number of aliphatic hydroxyl groups is 1. The van der Waals surface area contributed by atoms with Crippen LogP contribution in [0.25, 0.3) is 0 Å². The molecule has 1 aromatic rings. The number of hydrogen-bond donors (Lipinski definition) is 1. The molecule has 92 valence electrons. The number of carbonyl (C=O) groups is 1. The van der Waals surface area contributed by atoms with Crippen LogP contribution in [-0.4, -0.2) is 34.8 Å². The van der Waals surface area contributed by atoms with Crippen LogP contribution in [0.4, 0.5) is 4.79 Å². The van der Waals surface area contributed by atoms with Crippen molar-refractivity contribution in [2.24, 2.45) is 0 Å². The van der Waals surface area contributed by atoms with Gasteiger partial charge in [0.2, 0.25) is 0 Å². The first-order valence-electron chi connectivity index (χ1n) is 5.75. The lowest BCUT2D eigenvalue weighted by Crippen LogP contribution is -2.62. The molecule has 1 amide bonds. The minimum absolute atomic E-state index is 0.0204. The van der Waals surface area contributed by atoms with Gasteiger partial charge in [-0.3, -0.25) is 0 Å². The summed E-state index contributed by atoms with van der Waals surface area (Å²) in [6, 6.07) is 9.56. The van der Waals surface area contributed by atoms with Gasteiger partial charge in [-0.25, -0.2) is 4.79 Å². The van der Waals surface area contributed by atoms with Crippen molar-refractivity contribution in [1.82, 2.24) is 4.90 Å². The summed E-state index contributed by atoms with van der Waals surface area (Å²) < 4.78 is 5.21. The molecular weight excluding hydrogens is 218 g/mol. The summed E-state index contributed by atoms with van der Waals surface area (Å²) in [6.07, 6.45) is 0.473. The fourth-order valence-corrected chi connectivity index (χ4v) is 1.88. The van der Waals surface area contributed by atoms with Crippen molar-refractivity contribution in [3.63, 3.8) is 0 Å². The van der Waals surface area contributed by atoms with Crippen molar-refractivity contribution in [2.75, 3.05) is 13.2 Å².